The Morgan fingerprint density at radius 2 is 1.64 bits per heavy atom. The molecule has 3 amide bonds. The summed E-state index contributed by atoms with van der Waals surface area (Å²) in [6.45, 7) is 3.26. The summed E-state index contributed by atoms with van der Waals surface area (Å²) in [6.07, 6.45) is 2.35. The fraction of sp³-hybridized carbons (Fsp3) is 0.300. The number of benzene rings is 2. The number of rotatable bonds is 6. The van der Waals surface area contributed by atoms with Gasteiger partial charge < -0.3 is 20.9 Å². The van der Waals surface area contributed by atoms with E-state index < -0.39 is 17.8 Å². The Kier molecular flexibility index (Phi) is 6.84. The molecule has 1 saturated heterocycles. The number of anilines is 2. The number of likely N-dealkylation sites (tertiary alicyclic amines) is 1. The molecule has 0 radical (unpaired) electrons. The lowest BCUT2D eigenvalue weighted by Crippen LogP contribution is -2.33. The van der Waals surface area contributed by atoms with E-state index in [9.17, 15) is 14.0 Å². The highest BCUT2D eigenvalue weighted by Crippen LogP contribution is 2.17. The first-order valence-corrected chi connectivity index (χ1v) is 9.53. The van der Waals surface area contributed by atoms with Gasteiger partial charge in [0, 0.05) is 29.5 Å². The summed E-state index contributed by atoms with van der Waals surface area (Å²) in [5.74, 6) is -1.14. The van der Waals surface area contributed by atoms with Gasteiger partial charge in [-0.05, 0) is 68.4 Å². The summed E-state index contributed by atoms with van der Waals surface area (Å²) in [5.41, 5.74) is 0.771. The third-order valence-corrected chi connectivity index (χ3v) is 4.74. The van der Waals surface area contributed by atoms with E-state index in [2.05, 4.69) is 20.9 Å². The maximum atomic E-state index is 14.1. The van der Waals surface area contributed by atoms with E-state index in [4.69, 9.17) is 11.6 Å². The molecule has 0 spiro atoms. The third-order valence-electron chi connectivity index (χ3n) is 4.48. The molecule has 0 aromatic heterocycles. The van der Waals surface area contributed by atoms with Crippen molar-refractivity contribution in [3.63, 3.8) is 0 Å². The first kappa shape index (κ1) is 20.1. The van der Waals surface area contributed by atoms with Crippen LogP contribution < -0.4 is 16.0 Å². The number of carbonyl (C=O) groups is 2. The normalized spacial score (nSPS) is 13.9. The minimum atomic E-state index is -0.637. The van der Waals surface area contributed by atoms with E-state index in [0.717, 1.165) is 25.7 Å². The van der Waals surface area contributed by atoms with Gasteiger partial charge in [0.2, 0.25) is 0 Å². The Labute approximate surface area is 168 Å². The molecule has 3 rings (SSSR count). The van der Waals surface area contributed by atoms with Gasteiger partial charge in [0.1, 0.15) is 5.82 Å². The fourth-order valence-corrected chi connectivity index (χ4v) is 3.16. The van der Waals surface area contributed by atoms with Gasteiger partial charge in [0.25, 0.3) is 5.91 Å². The molecule has 0 bridgehead atoms. The lowest BCUT2D eigenvalue weighted by atomic mass is 10.1. The van der Waals surface area contributed by atoms with E-state index in [1.807, 2.05) is 0 Å². The highest BCUT2D eigenvalue weighted by Gasteiger charge is 2.15. The zero-order valence-corrected chi connectivity index (χ0v) is 16.1. The molecule has 1 aliphatic heterocycles. The Balaban J connectivity index is 1.56. The molecule has 1 aliphatic rings. The van der Waals surface area contributed by atoms with Crippen LogP contribution in [0.2, 0.25) is 5.02 Å². The number of nitrogens with one attached hydrogen (secondary N) is 3. The summed E-state index contributed by atoms with van der Waals surface area (Å²) in [7, 11) is 0. The summed E-state index contributed by atoms with van der Waals surface area (Å²) in [6, 6.07) is 10.00. The first-order chi connectivity index (χ1) is 13.5. The third kappa shape index (κ3) is 5.68. The summed E-state index contributed by atoms with van der Waals surface area (Å²) < 4.78 is 14.1. The average Bonchev–Trinajstić information content (AvgIpc) is 3.18. The van der Waals surface area contributed by atoms with Crippen molar-refractivity contribution in [1.29, 1.82) is 0 Å². The van der Waals surface area contributed by atoms with Crippen LogP contribution in [-0.4, -0.2) is 43.0 Å². The van der Waals surface area contributed by atoms with Crippen molar-refractivity contribution in [3.8, 4) is 0 Å². The number of carbonyl (C=O) groups excluding carboxylic acids is 2. The van der Waals surface area contributed by atoms with Crippen molar-refractivity contribution in [1.82, 2.24) is 10.2 Å². The van der Waals surface area contributed by atoms with Gasteiger partial charge in [-0.3, -0.25) is 4.79 Å². The van der Waals surface area contributed by atoms with Crippen LogP contribution in [0.3, 0.4) is 0 Å². The number of halogens is 2. The molecule has 1 heterocycles. The Morgan fingerprint density at radius 3 is 2.36 bits per heavy atom. The number of urea groups is 1. The number of nitrogens with zero attached hydrogens (tertiary/aromatic N) is 1. The minimum absolute atomic E-state index is 0.106. The van der Waals surface area contributed by atoms with E-state index in [1.54, 1.807) is 24.3 Å². The zero-order valence-electron chi connectivity index (χ0n) is 15.3. The van der Waals surface area contributed by atoms with Gasteiger partial charge >= 0.3 is 6.03 Å². The smallest absolute Gasteiger partial charge is 0.323 e. The molecule has 2 aromatic carbocycles. The molecule has 3 N–H and O–H groups in total. The second-order valence-corrected chi connectivity index (χ2v) is 7.02. The Morgan fingerprint density at radius 1 is 1.00 bits per heavy atom. The predicted molar refractivity (Wildman–Crippen MR) is 109 cm³/mol. The maximum Gasteiger partial charge on any atom is 0.323 e. The second-order valence-electron chi connectivity index (χ2n) is 6.59. The second kappa shape index (κ2) is 9.52. The van der Waals surface area contributed by atoms with Crippen LogP contribution >= 0.6 is 11.6 Å². The maximum absolute atomic E-state index is 14.1. The molecule has 148 valence electrons. The average molecular weight is 405 g/mol. The number of amides is 3. The van der Waals surface area contributed by atoms with Gasteiger partial charge in [-0.2, -0.15) is 0 Å². The highest BCUT2D eigenvalue weighted by atomic mass is 35.5. The lowest BCUT2D eigenvalue weighted by molar-refractivity contribution is 0.0945. The van der Waals surface area contributed by atoms with Crippen molar-refractivity contribution in [2.24, 2.45) is 0 Å². The quantitative estimate of drug-likeness (QED) is 0.682. The van der Waals surface area contributed by atoms with Gasteiger partial charge in [0.15, 0.2) is 0 Å². The van der Waals surface area contributed by atoms with E-state index >= 15 is 0 Å². The van der Waals surface area contributed by atoms with E-state index in [0.29, 0.717) is 22.9 Å². The molecular weight excluding hydrogens is 383 g/mol. The van der Waals surface area contributed by atoms with Crippen molar-refractivity contribution in [3.05, 3.63) is 58.9 Å². The topological polar surface area (TPSA) is 73.5 Å². The molecule has 0 aliphatic carbocycles. The molecular formula is C20H22ClFN4O2. The van der Waals surface area contributed by atoms with Crippen LogP contribution in [0.25, 0.3) is 0 Å². The zero-order chi connectivity index (χ0) is 19.9. The molecule has 28 heavy (non-hydrogen) atoms. The Hall–Kier alpha value is -2.64. The van der Waals surface area contributed by atoms with Crippen LogP contribution in [0.4, 0.5) is 20.6 Å². The van der Waals surface area contributed by atoms with E-state index in [1.165, 1.54) is 25.0 Å². The summed E-state index contributed by atoms with van der Waals surface area (Å²) in [5, 5.41) is 8.52. The van der Waals surface area contributed by atoms with Gasteiger partial charge in [-0.25, -0.2) is 9.18 Å². The van der Waals surface area contributed by atoms with Crippen LogP contribution in [0, 0.1) is 5.82 Å². The largest absolute Gasteiger partial charge is 0.351 e. The summed E-state index contributed by atoms with van der Waals surface area (Å²) in [4.78, 5) is 26.6. The SMILES string of the molecule is O=C(Nc1ccc(Cl)cc1)Nc1ccc(F)c(C(=O)NCCN2CCCC2)c1. The van der Waals surface area contributed by atoms with Crippen LogP contribution in [0.15, 0.2) is 42.5 Å². The monoisotopic (exact) mass is 404 g/mol. The minimum Gasteiger partial charge on any atom is -0.351 e. The van der Waals surface area contributed by atoms with Crippen LogP contribution in [0.1, 0.15) is 23.2 Å². The molecule has 2 aromatic rings. The van der Waals surface area contributed by atoms with Gasteiger partial charge in [-0.15, -0.1) is 0 Å². The molecule has 0 atom stereocenters. The lowest BCUT2D eigenvalue weighted by Gasteiger charge is -2.15. The number of hydrogen-bond donors (Lipinski definition) is 3. The van der Waals surface area contributed by atoms with Crippen molar-refractivity contribution in [2.45, 2.75) is 12.8 Å². The van der Waals surface area contributed by atoms with Crippen molar-refractivity contribution < 1.29 is 14.0 Å². The predicted octanol–water partition coefficient (Wildman–Crippen LogP) is 3.95. The molecule has 6 nitrogen and oxygen atoms in total. The molecule has 1 fully saturated rings. The van der Waals surface area contributed by atoms with Crippen molar-refractivity contribution in [2.75, 3.05) is 36.8 Å². The highest BCUT2D eigenvalue weighted by molar-refractivity contribution is 6.30. The first-order valence-electron chi connectivity index (χ1n) is 9.15. The Bertz CT molecular complexity index is 839. The number of hydrogen-bond acceptors (Lipinski definition) is 3. The molecule has 0 unspecified atom stereocenters. The van der Waals surface area contributed by atoms with Crippen LogP contribution in [-0.2, 0) is 0 Å². The van der Waals surface area contributed by atoms with Crippen LogP contribution in [0.5, 0.6) is 0 Å². The van der Waals surface area contributed by atoms with Gasteiger partial charge in [-0.1, -0.05) is 11.6 Å². The standard InChI is InChI=1S/C20H22ClFN4O2/c21-14-3-5-15(6-4-14)24-20(28)25-16-7-8-18(22)17(13-16)19(27)23-9-12-26-10-1-2-11-26/h3-8,13H,1-2,9-12H2,(H,23,27)(H2,24,25,28). The molecule has 8 heteroatoms. The van der Waals surface area contributed by atoms with Gasteiger partial charge in [0.05, 0.1) is 5.56 Å². The fourth-order valence-electron chi connectivity index (χ4n) is 3.03. The molecule has 0 saturated carbocycles. The summed E-state index contributed by atoms with van der Waals surface area (Å²) >= 11 is 5.81. The van der Waals surface area contributed by atoms with E-state index in [-0.39, 0.29) is 5.56 Å². The van der Waals surface area contributed by atoms with Crippen molar-refractivity contribution >= 4 is 34.9 Å².